The van der Waals surface area contributed by atoms with E-state index >= 15 is 0 Å². The second-order valence-corrected chi connectivity index (χ2v) is 5.55. The van der Waals surface area contributed by atoms with Gasteiger partial charge in [-0.1, -0.05) is 44.5 Å². The van der Waals surface area contributed by atoms with Gasteiger partial charge in [0.05, 0.1) is 6.61 Å². The van der Waals surface area contributed by atoms with Crippen molar-refractivity contribution in [3.63, 3.8) is 0 Å². The highest BCUT2D eigenvalue weighted by molar-refractivity contribution is 5.27. The fraction of sp³-hybridized carbons (Fsp3) is 0.647. The van der Waals surface area contributed by atoms with Gasteiger partial charge in [-0.3, -0.25) is 0 Å². The Bertz CT molecular complexity index is 371. The number of rotatable bonds is 7. The van der Waals surface area contributed by atoms with E-state index in [4.69, 9.17) is 4.74 Å². The van der Waals surface area contributed by atoms with Crippen molar-refractivity contribution < 1.29 is 4.74 Å². The number of hydrogen-bond acceptors (Lipinski definition) is 2. The molecule has 0 aliphatic carbocycles. The maximum atomic E-state index is 5.58. The van der Waals surface area contributed by atoms with Crippen LogP contribution in [0.4, 0.5) is 0 Å². The first-order chi connectivity index (χ1) is 9.35. The molecule has 1 aromatic carbocycles. The van der Waals surface area contributed by atoms with Gasteiger partial charge in [-0.05, 0) is 36.9 Å². The lowest BCUT2D eigenvalue weighted by molar-refractivity contribution is 0.176. The minimum atomic E-state index is 0.458. The molecule has 1 aromatic rings. The number of aryl methyl sites for hydroxylation is 1. The molecule has 0 amide bonds. The molecule has 2 heteroatoms. The van der Waals surface area contributed by atoms with Crippen LogP contribution in [-0.4, -0.2) is 19.8 Å². The molecular formula is C17H27NO. The van der Waals surface area contributed by atoms with E-state index in [0.29, 0.717) is 12.0 Å². The summed E-state index contributed by atoms with van der Waals surface area (Å²) in [5.41, 5.74) is 2.90. The van der Waals surface area contributed by atoms with Gasteiger partial charge in [-0.25, -0.2) is 0 Å². The lowest BCUT2D eigenvalue weighted by Crippen LogP contribution is -2.29. The van der Waals surface area contributed by atoms with Gasteiger partial charge in [0.2, 0.25) is 0 Å². The molecule has 1 fully saturated rings. The SMILES string of the molecule is CCCNC(c1cccc(CCC)c1)C1CCOC1. The van der Waals surface area contributed by atoms with Gasteiger partial charge in [-0.15, -0.1) is 0 Å². The van der Waals surface area contributed by atoms with Crippen molar-refractivity contribution in [3.05, 3.63) is 35.4 Å². The first-order valence-electron chi connectivity index (χ1n) is 7.75. The third-order valence-electron chi connectivity index (χ3n) is 3.90. The molecule has 0 spiro atoms. The highest BCUT2D eigenvalue weighted by atomic mass is 16.5. The van der Waals surface area contributed by atoms with E-state index in [9.17, 15) is 0 Å². The molecule has 0 radical (unpaired) electrons. The predicted molar refractivity (Wildman–Crippen MR) is 80.4 cm³/mol. The maximum Gasteiger partial charge on any atom is 0.0513 e. The standard InChI is InChI=1S/C17H27NO/c1-3-6-14-7-5-8-15(12-14)17(18-10-4-2)16-9-11-19-13-16/h5,7-8,12,16-18H,3-4,6,9-11,13H2,1-2H3. The van der Waals surface area contributed by atoms with E-state index in [1.54, 1.807) is 0 Å². The van der Waals surface area contributed by atoms with Crippen LogP contribution in [0, 0.1) is 5.92 Å². The van der Waals surface area contributed by atoms with Crippen LogP contribution in [0.5, 0.6) is 0 Å². The molecule has 106 valence electrons. The van der Waals surface area contributed by atoms with Gasteiger partial charge in [0.15, 0.2) is 0 Å². The molecule has 19 heavy (non-hydrogen) atoms. The Morgan fingerprint density at radius 2 is 2.21 bits per heavy atom. The van der Waals surface area contributed by atoms with Crippen LogP contribution in [0.15, 0.2) is 24.3 Å². The van der Waals surface area contributed by atoms with Crippen molar-refractivity contribution in [1.82, 2.24) is 5.32 Å². The van der Waals surface area contributed by atoms with E-state index in [1.165, 1.54) is 36.8 Å². The Labute approximate surface area is 117 Å². The normalized spacial score (nSPS) is 20.6. The fourth-order valence-electron chi connectivity index (χ4n) is 2.90. The van der Waals surface area contributed by atoms with Crippen LogP contribution in [0.25, 0.3) is 0 Å². The number of benzene rings is 1. The molecule has 0 bridgehead atoms. The average molecular weight is 261 g/mol. The topological polar surface area (TPSA) is 21.3 Å². The van der Waals surface area contributed by atoms with E-state index < -0.39 is 0 Å². The van der Waals surface area contributed by atoms with E-state index in [-0.39, 0.29) is 0 Å². The molecule has 1 aliphatic rings. The largest absolute Gasteiger partial charge is 0.381 e. The van der Waals surface area contributed by atoms with E-state index in [0.717, 1.165) is 19.8 Å². The molecule has 1 N–H and O–H groups in total. The molecule has 1 aliphatic heterocycles. The zero-order chi connectivity index (χ0) is 13.5. The monoisotopic (exact) mass is 261 g/mol. The summed E-state index contributed by atoms with van der Waals surface area (Å²) in [6.45, 7) is 7.37. The van der Waals surface area contributed by atoms with Crippen molar-refractivity contribution in [2.45, 2.75) is 45.6 Å². The number of nitrogens with one attached hydrogen (secondary N) is 1. The average Bonchev–Trinajstić information content (AvgIpc) is 2.94. The minimum Gasteiger partial charge on any atom is -0.381 e. The minimum absolute atomic E-state index is 0.458. The lowest BCUT2D eigenvalue weighted by Gasteiger charge is -2.24. The Kier molecular flexibility index (Phi) is 5.87. The highest BCUT2D eigenvalue weighted by Crippen LogP contribution is 2.29. The van der Waals surface area contributed by atoms with Crippen molar-refractivity contribution in [3.8, 4) is 0 Å². The van der Waals surface area contributed by atoms with Crippen LogP contribution in [0.3, 0.4) is 0 Å². The van der Waals surface area contributed by atoms with Crippen molar-refractivity contribution in [1.29, 1.82) is 0 Å². The summed E-state index contributed by atoms with van der Waals surface area (Å²) >= 11 is 0. The number of ether oxygens (including phenoxy) is 1. The molecule has 0 aromatic heterocycles. The second kappa shape index (κ2) is 7.66. The first-order valence-corrected chi connectivity index (χ1v) is 7.75. The van der Waals surface area contributed by atoms with Crippen LogP contribution in [0.2, 0.25) is 0 Å². The third-order valence-corrected chi connectivity index (χ3v) is 3.90. The second-order valence-electron chi connectivity index (χ2n) is 5.55. The molecule has 1 saturated heterocycles. The molecule has 0 saturated carbocycles. The maximum absolute atomic E-state index is 5.58. The zero-order valence-corrected chi connectivity index (χ0v) is 12.3. The Morgan fingerprint density at radius 3 is 2.89 bits per heavy atom. The van der Waals surface area contributed by atoms with Gasteiger partial charge in [0.1, 0.15) is 0 Å². The van der Waals surface area contributed by atoms with Gasteiger partial charge >= 0.3 is 0 Å². The summed E-state index contributed by atoms with van der Waals surface area (Å²) in [4.78, 5) is 0. The van der Waals surface area contributed by atoms with Crippen molar-refractivity contribution >= 4 is 0 Å². The van der Waals surface area contributed by atoms with E-state index in [1.807, 2.05) is 0 Å². The molecule has 2 unspecified atom stereocenters. The summed E-state index contributed by atoms with van der Waals surface area (Å²) in [6.07, 6.45) is 4.75. The Hall–Kier alpha value is -0.860. The van der Waals surface area contributed by atoms with E-state index in [2.05, 4.69) is 43.4 Å². The smallest absolute Gasteiger partial charge is 0.0513 e. The highest BCUT2D eigenvalue weighted by Gasteiger charge is 2.26. The first kappa shape index (κ1) is 14.5. The molecule has 1 heterocycles. The summed E-state index contributed by atoms with van der Waals surface area (Å²) in [5.74, 6) is 0.628. The van der Waals surface area contributed by atoms with Gasteiger partial charge in [0.25, 0.3) is 0 Å². The zero-order valence-electron chi connectivity index (χ0n) is 12.3. The molecule has 2 rings (SSSR count). The summed E-state index contributed by atoms with van der Waals surface area (Å²) < 4.78 is 5.58. The van der Waals surface area contributed by atoms with Gasteiger partial charge in [-0.2, -0.15) is 0 Å². The van der Waals surface area contributed by atoms with Gasteiger partial charge in [0, 0.05) is 18.6 Å². The summed E-state index contributed by atoms with van der Waals surface area (Å²) in [7, 11) is 0. The lowest BCUT2D eigenvalue weighted by atomic mass is 9.91. The Balaban J connectivity index is 2.13. The van der Waals surface area contributed by atoms with Crippen LogP contribution >= 0.6 is 0 Å². The predicted octanol–water partition coefficient (Wildman–Crippen LogP) is 3.72. The third kappa shape index (κ3) is 4.05. The Morgan fingerprint density at radius 1 is 1.32 bits per heavy atom. The number of hydrogen-bond donors (Lipinski definition) is 1. The fourth-order valence-corrected chi connectivity index (χ4v) is 2.90. The van der Waals surface area contributed by atoms with Crippen LogP contribution in [0.1, 0.15) is 50.3 Å². The van der Waals surface area contributed by atoms with Crippen molar-refractivity contribution in [2.75, 3.05) is 19.8 Å². The van der Waals surface area contributed by atoms with Crippen LogP contribution in [-0.2, 0) is 11.2 Å². The van der Waals surface area contributed by atoms with Crippen LogP contribution < -0.4 is 5.32 Å². The van der Waals surface area contributed by atoms with Crippen molar-refractivity contribution in [2.24, 2.45) is 5.92 Å². The van der Waals surface area contributed by atoms with Gasteiger partial charge < -0.3 is 10.1 Å². The summed E-state index contributed by atoms with van der Waals surface area (Å²) in [6, 6.07) is 9.56. The molecule has 2 nitrogen and oxygen atoms in total. The molecule has 2 atom stereocenters. The quantitative estimate of drug-likeness (QED) is 0.808. The summed E-state index contributed by atoms with van der Waals surface area (Å²) in [5, 5.41) is 3.72. The molecular weight excluding hydrogens is 234 g/mol.